The molecule has 0 atom stereocenters. The van der Waals surface area contributed by atoms with Crippen molar-refractivity contribution in [2.24, 2.45) is 0 Å². The van der Waals surface area contributed by atoms with Gasteiger partial charge in [-0.1, -0.05) is 13.8 Å². The molecule has 0 aliphatic heterocycles. The molecule has 2 rings (SSSR count). The first kappa shape index (κ1) is 19.8. The Morgan fingerprint density at radius 1 is 1.31 bits per heavy atom. The van der Waals surface area contributed by atoms with Crippen LogP contribution in [0.3, 0.4) is 0 Å². The summed E-state index contributed by atoms with van der Waals surface area (Å²) < 4.78 is 12.1. The second-order valence-electron chi connectivity index (χ2n) is 7.55. The van der Waals surface area contributed by atoms with Gasteiger partial charge in [0, 0.05) is 5.69 Å². The lowest BCUT2D eigenvalue weighted by Crippen LogP contribution is -2.27. The van der Waals surface area contributed by atoms with Gasteiger partial charge in [0.25, 0.3) is 5.91 Å². The molecule has 0 aromatic carbocycles. The van der Waals surface area contributed by atoms with Crippen LogP contribution >= 0.6 is 0 Å². The maximum absolute atomic E-state index is 12.5. The zero-order valence-electron chi connectivity index (χ0n) is 16.5. The molecular formula is C19H27N3O4. The summed E-state index contributed by atoms with van der Waals surface area (Å²) in [4.78, 5) is 24.1. The smallest absolute Gasteiger partial charge is 0.341 e. The number of ether oxygens (including phenoxy) is 1. The minimum atomic E-state index is -0.464. The second kappa shape index (κ2) is 7.35. The highest BCUT2D eigenvalue weighted by atomic mass is 16.5. The van der Waals surface area contributed by atoms with Gasteiger partial charge >= 0.3 is 5.97 Å². The third kappa shape index (κ3) is 4.15. The second-order valence-corrected chi connectivity index (χ2v) is 7.55. The minimum Gasteiger partial charge on any atom is -0.465 e. The van der Waals surface area contributed by atoms with Crippen LogP contribution in [0.1, 0.15) is 78.6 Å². The standard InChI is InChI=1S/C19H27N3O4/c1-11(2)16-9-15(21-22(16)19(4,5)6)17(23)20-10-13-8-14(12(3)26-13)18(24)25-7/h8-9,11H,10H2,1-7H3,(H,20,23). The molecule has 0 radical (unpaired) electrons. The topological polar surface area (TPSA) is 86.4 Å². The maximum atomic E-state index is 12.5. The van der Waals surface area contributed by atoms with Gasteiger partial charge in [0.05, 0.1) is 19.2 Å². The fourth-order valence-electron chi connectivity index (χ4n) is 2.66. The highest BCUT2D eigenvalue weighted by molar-refractivity contribution is 5.92. The normalized spacial score (nSPS) is 11.7. The van der Waals surface area contributed by atoms with Gasteiger partial charge in [-0.3, -0.25) is 9.48 Å². The fourth-order valence-corrected chi connectivity index (χ4v) is 2.66. The molecule has 0 saturated heterocycles. The maximum Gasteiger partial charge on any atom is 0.341 e. The van der Waals surface area contributed by atoms with Gasteiger partial charge in [-0.05, 0) is 45.7 Å². The first-order chi connectivity index (χ1) is 12.0. The molecule has 2 heterocycles. The van der Waals surface area contributed by atoms with Crippen LogP contribution in [-0.2, 0) is 16.8 Å². The van der Waals surface area contributed by atoms with E-state index in [1.807, 2.05) is 31.5 Å². The highest BCUT2D eigenvalue weighted by Crippen LogP contribution is 2.23. The number of amides is 1. The summed E-state index contributed by atoms with van der Waals surface area (Å²) in [6, 6.07) is 3.40. The summed E-state index contributed by atoms with van der Waals surface area (Å²) >= 11 is 0. The Morgan fingerprint density at radius 2 is 1.96 bits per heavy atom. The van der Waals surface area contributed by atoms with Gasteiger partial charge in [-0.25, -0.2) is 4.79 Å². The largest absolute Gasteiger partial charge is 0.465 e. The molecule has 0 unspecified atom stereocenters. The number of methoxy groups -OCH3 is 1. The zero-order chi connectivity index (χ0) is 19.6. The lowest BCUT2D eigenvalue weighted by Gasteiger charge is -2.23. The quantitative estimate of drug-likeness (QED) is 0.825. The number of rotatable bonds is 5. The van der Waals surface area contributed by atoms with Crippen LogP contribution in [0.2, 0.25) is 0 Å². The van der Waals surface area contributed by atoms with E-state index in [1.165, 1.54) is 7.11 Å². The Hall–Kier alpha value is -2.57. The summed E-state index contributed by atoms with van der Waals surface area (Å²) in [6.07, 6.45) is 0. The highest BCUT2D eigenvalue weighted by Gasteiger charge is 2.24. The molecular weight excluding hydrogens is 334 g/mol. The molecule has 0 spiro atoms. The summed E-state index contributed by atoms with van der Waals surface area (Å²) in [5, 5.41) is 7.26. The molecule has 0 aliphatic carbocycles. The average Bonchev–Trinajstić information content (AvgIpc) is 3.15. The van der Waals surface area contributed by atoms with Crippen LogP contribution in [-0.4, -0.2) is 28.8 Å². The van der Waals surface area contributed by atoms with E-state index in [1.54, 1.807) is 13.0 Å². The molecule has 1 amide bonds. The number of nitrogens with one attached hydrogen (secondary N) is 1. The summed E-state index contributed by atoms with van der Waals surface area (Å²) in [5.74, 6) is 0.437. The van der Waals surface area contributed by atoms with Crippen LogP contribution in [0.15, 0.2) is 16.5 Å². The molecule has 2 aromatic rings. The number of carbonyl (C=O) groups excluding carboxylic acids is 2. The average molecular weight is 361 g/mol. The van der Waals surface area contributed by atoms with Crippen molar-refractivity contribution in [3.63, 3.8) is 0 Å². The predicted octanol–water partition coefficient (Wildman–Crippen LogP) is 3.38. The van der Waals surface area contributed by atoms with Crippen molar-refractivity contribution >= 4 is 11.9 Å². The van der Waals surface area contributed by atoms with Gasteiger partial charge in [-0.2, -0.15) is 5.10 Å². The lowest BCUT2D eigenvalue weighted by atomic mass is 10.1. The lowest BCUT2D eigenvalue weighted by molar-refractivity contribution is 0.0598. The number of aromatic nitrogens is 2. The Balaban J connectivity index is 2.15. The predicted molar refractivity (Wildman–Crippen MR) is 97.3 cm³/mol. The first-order valence-corrected chi connectivity index (χ1v) is 8.60. The molecule has 0 fully saturated rings. The van der Waals surface area contributed by atoms with E-state index >= 15 is 0 Å². The van der Waals surface area contributed by atoms with Gasteiger partial charge in [0.15, 0.2) is 0 Å². The third-order valence-electron chi connectivity index (χ3n) is 3.99. The van der Waals surface area contributed by atoms with Crippen molar-refractivity contribution in [3.05, 3.63) is 40.6 Å². The van der Waals surface area contributed by atoms with Crippen molar-refractivity contribution in [1.29, 1.82) is 0 Å². The number of esters is 1. The molecule has 26 heavy (non-hydrogen) atoms. The molecule has 2 aromatic heterocycles. The van der Waals surface area contributed by atoms with Crippen molar-refractivity contribution < 1.29 is 18.7 Å². The van der Waals surface area contributed by atoms with Gasteiger partial charge < -0.3 is 14.5 Å². The minimum absolute atomic E-state index is 0.163. The van der Waals surface area contributed by atoms with Crippen molar-refractivity contribution in [1.82, 2.24) is 15.1 Å². The number of nitrogens with zero attached hydrogens (tertiary/aromatic N) is 2. The van der Waals surface area contributed by atoms with E-state index in [9.17, 15) is 9.59 Å². The van der Waals surface area contributed by atoms with E-state index in [0.717, 1.165) is 5.69 Å². The van der Waals surface area contributed by atoms with E-state index in [4.69, 9.17) is 9.15 Å². The van der Waals surface area contributed by atoms with Crippen LogP contribution in [0.25, 0.3) is 0 Å². The summed E-state index contributed by atoms with van der Waals surface area (Å²) in [7, 11) is 1.31. The van der Waals surface area contributed by atoms with E-state index in [0.29, 0.717) is 22.8 Å². The molecule has 0 aliphatic rings. The third-order valence-corrected chi connectivity index (χ3v) is 3.99. The number of hydrogen-bond acceptors (Lipinski definition) is 5. The monoisotopic (exact) mass is 361 g/mol. The summed E-state index contributed by atoms with van der Waals surface area (Å²) in [6.45, 7) is 12.1. The van der Waals surface area contributed by atoms with E-state index < -0.39 is 5.97 Å². The molecule has 7 heteroatoms. The van der Waals surface area contributed by atoms with Gasteiger partial charge in [0.1, 0.15) is 22.8 Å². The fraction of sp³-hybridized carbons (Fsp3) is 0.526. The van der Waals surface area contributed by atoms with Gasteiger partial charge in [0.2, 0.25) is 0 Å². The Bertz CT molecular complexity index is 809. The summed E-state index contributed by atoms with van der Waals surface area (Å²) in [5.41, 5.74) is 1.51. The SMILES string of the molecule is COC(=O)c1cc(CNC(=O)c2cc(C(C)C)n(C(C)(C)C)n2)oc1C. The molecule has 1 N–H and O–H groups in total. The van der Waals surface area contributed by atoms with Crippen LogP contribution in [0.4, 0.5) is 0 Å². The van der Waals surface area contributed by atoms with Crippen LogP contribution < -0.4 is 5.32 Å². The van der Waals surface area contributed by atoms with Crippen LogP contribution in [0, 0.1) is 6.92 Å². The number of aryl methyl sites for hydroxylation is 1. The Labute approximate surface area is 153 Å². The van der Waals surface area contributed by atoms with E-state index in [-0.39, 0.29) is 23.9 Å². The van der Waals surface area contributed by atoms with Crippen molar-refractivity contribution in [2.45, 2.75) is 59.5 Å². The molecule has 0 bridgehead atoms. The Kier molecular flexibility index (Phi) is 5.59. The molecule has 7 nitrogen and oxygen atoms in total. The molecule has 142 valence electrons. The van der Waals surface area contributed by atoms with Crippen LogP contribution in [0.5, 0.6) is 0 Å². The number of carbonyl (C=O) groups is 2. The van der Waals surface area contributed by atoms with E-state index in [2.05, 4.69) is 24.3 Å². The Morgan fingerprint density at radius 3 is 2.46 bits per heavy atom. The number of hydrogen-bond donors (Lipinski definition) is 1. The number of furan rings is 1. The molecule has 0 saturated carbocycles. The van der Waals surface area contributed by atoms with Crippen molar-refractivity contribution in [2.75, 3.05) is 7.11 Å². The zero-order valence-corrected chi connectivity index (χ0v) is 16.5. The van der Waals surface area contributed by atoms with Gasteiger partial charge in [-0.15, -0.1) is 0 Å². The van der Waals surface area contributed by atoms with Crippen molar-refractivity contribution in [3.8, 4) is 0 Å². The first-order valence-electron chi connectivity index (χ1n) is 8.60.